The molecule has 0 saturated carbocycles. The second-order valence-corrected chi connectivity index (χ2v) is 2.25. The molecule has 58 valence electrons. The van der Waals surface area contributed by atoms with Crippen molar-refractivity contribution in [2.24, 2.45) is 0 Å². The van der Waals surface area contributed by atoms with Gasteiger partial charge in [0.1, 0.15) is 6.17 Å². The first-order chi connectivity index (χ1) is 4.81. The third kappa shape index (κ3) is 5.58. The molecule has 0 aliphatic heterocycles. The average molecular weight is 143 g/mol. The number of hydrogen-bond acceptors (Lipinski definition) is 1. The summed E-state index contributed by atoms with van der Waals surface area (Å²) in [5, 5.41) is 2.77. The first kappa shape index (κ1) is 9.45. The molecule has 10 heavy (non-hydrogen) atoms. The zero-order chi connectivity index (χ0) is 7.82. The second kappa shape index (κ2) is 6.57. The SMILES string of the molecule is C#CCCC[C@H](F)CNC. The molecule has 0 spiro atoms. The standard InChI is InChI=1S/C8H14FN/c1-3-4-5-6-8(9)7-10-2/h1,8,10H,4-7H2,2H3/t8-/m0/s1. The summed E-state index contributed by atoms with van der Waals surface area (Å²) in [7, 11) is 1.74. The van der Waals surface area contributed by atoms with Gasteiger partial charge in [0.05, 0.1) is 0 Å². The molecular weight excluding hydrogens is 129 g/mol. The van der Waals surface area contributed by atoms with E-state index in [2.05, 4.69) is 11.2 Å². The van der Waals surface area contributed by atoms with Crippen LogP contribution in [0.15, 0.2) is 0 Å². The van der Waals surface area contributed by atoms with Crippen molar-refractivity contribution in [1.82, 2.24) is 5.32 Å². The van der Waals surface area contributed by atoms with Crippen LogP contribution in [0.25, 0.3) is 0 Å². The zero-order valence-corrected chi connectivity index (χ0v) is 6.36. The van der Waals surface area contributed by atoms with Crippen molar-refractivity contribution in [1.29, 1.82) is 0 Å². The van der Waals surface area contributed by atoms with Crippen LogP contribution in [0.5, 0.6) is 0 Å². The Morgan fingerprint density at radius 1 is 1.70 bits per heavy atom. The normalized spacial score (nSPS) is 12.5. The van der Waals surface area contributed by atoms with Crippen LogP contribution in [0.4, 0.5) is 4.39 Å². The highest BCUT2D eigenvalue weighted by Gasteiger charge is 2.02. The van der Waals surface area contributed by atoms with E-state index in [1.807, 2.05) is 0 Å². The molecule has 0 heterocycles. The zero-order valence-electron chi connectivity index (χ0n) is 6.36. The third-order valence-electron chi connectivity index (χ3n) is 1.26. The highest BCUT2D eigenvalue weighted by atomic mass is 19.1. The Bertz CT molecular complexity index is 106. The van der Waals surface area contributed by atoms with Gasteiger partial charge in [-0.3, -0.25) is 0 Å². The maximum atomic E-state index is 12.6. The van der Waals surface area contributed by atoms with Crippen LogP contribution in [0, 0.1) is 12.3 Å². The molecule has 0 aliphatic rings. The fourth-order valence-electron chi connectivity index (χ4n) is 0.749. The summed E-state index contributed by atoms with van der Waals surface area (Å²) in [5.74, 6) is 2.48. The number of unbranched alkanes of at least 4 members (excludes halogenated alkanes) is 1. The fraction of sp³-hybridized carbons (Fsp3) is 0.750. The molecule has 0 aromatic rings. The smallest absolute Gasteiger partial charge is 0.113 e. The number of alkyl halides is 1. The monoisotopic (exact) mass is 143 g/mol. The van der Waals surface area contributed by atoms with Gasteiger partial charge in [0, 0.05) is 13.0 Å². The van der Waals surface area contributed by atoms with Crippen LogP contribution in [0.3, 0.4) is 0 Å². The van der Waals surface area contributed by atoms with Gasteiger partial charge in [0.25, 0.3) is 0 Å². The summed E-state index contributed by atoms with van der Waals surface area (Å²) < 4.78 is 12.6. The number of hydrogen-bond donors (Lipinski definition) is 1. The Hall–Kier alpha value is -0.550. The number of halogens is 1. The molecule has 0 rings (SSSR count). The first-order valence-electron chi connectivity index (χ1n) is 3.53. The van der Waals surface area contributed by atoms with Crippen molar-refractivity contribution in [2.75, 3.05) is 13.6 Å². The lowest BCUT2D eigenvalue weighted by molar-refractivity contribution is 0.303. The predicted octanol–water partition coefficient (Wildman–Crippen LogP) is 1.35. The lowest BCUT2D eigenvalue weighted by Crippen LogP contribution is -2.19. The number of nitrogens with one attached hydrogen (secondary N) is 1. The van der Waals surface area contributed by atoms with E-state index in [0.29, 0.717) is 19.4 Å². The largest absolute Gasteiger partial charge is 0.317 e. The van der Waals surface area contributed by atoms with Crippen LogP contribution in [0.2, 0.25) is 0 Å². The van der Waals surface area contributed by atoms with E-state index in [1.54, 1.807) is 7.05 Å². The van der Waals surface area contributed by atoms with E-state index in [0.717, 1.165) is 6.42 Å². The lowest BCUT2D eigenvalue weighted by atomic mass is 10.2. The van der Waals surface area contributed by atoms with E-state index >= 15 is 0 Å². The molecule has 0 saturated heterocycles. The molecule has 0 amide bonds. The Labute approximate surface area is 62.0 Å². The van der Waals surface area contributed by atoms with Crippen molar-refractivity contribution in [3.8, 4) is 12.3 Å². The van der Waals surface area contributed by atoms with Gasteiger partial charge in [-0.05, 0) is 19.9 Å². The van der Waals surface area contributed by atoms with Gasteiger partial charge in [0.15, 0.2) is 0 Å². The van der Waals surface area contributed by atoms with Gasteiger partial charge >= 0.3 is 0 Å². The highest BCUT2D eigenvalue weighted by molar-refractivity contribution is 4.83. The maximum absolute atomic E-state index is 12.6. The predicted molar refractivity (Wildman–Crippen MR) is 41.5 cm³/mol. The van der Waals surface area contributed by atoms with Crippen LogP contribution >= 0.6 is 0 Å². The summed E-state index contributed by atoms with van der Waals surface area (Å²) in [5.41, 5.74) is 0. The molecule has 0 bridgehead atoms. The second-order valence-electron chi connectivity index (χ2n) is 2.25. The Morgan fingerprint density at radius 3 is 2.90 bits per heavy atom. The fourth-order valence-corrected chi connectivity index (χ4v) is 0.749. The highest BCUT2D eigenvalue weighted by Crippen LogP contribution is 2.02. The number of rotatable bonds is 5. The summed E-state index contributed by atoms with van der Waals surface area (Å²) >= 11 is 0. The van der Waals surface area contributed by atoms with Gasteiger partial charge < -0.3 is 5.32 Å². The van der Waals surface area contributed by atoms with Crippen molar-refractivity contribution in [3.63, 3.8) is 0 Å². The summed E-state index contributed by atoms with van der Waals surface area (Å²) in [4.78, 5) is 0. The summed E-state index contributed by atoms with van der Waals surface area (Å²) in [6.07, 6.45) is 6.31. The number of terminal acetylenes is 1. The molecular formula is C8H14FN. The minimum Gasteiger partial charge on any atom is -0.317 e. The Morgan fingerprint density at radius 2 is 2.40 bits per heavy atom. The van der Waals surface area contributed by atoms with E-state index in [-0.39, 0.29) is 0 Å². The molecule has 0 aromatic heterocycles. The molecule has 0 aromatic carbocycles. The maximum Gasteiger partial charge on any atom is 0.113 e. The van der Waals surface area contributed by atoms with E-state index in [4.69, 9.17) is 6.42 Å². The van der Waals surface area contributed by atoms with Gasteiger partial charge in [-0.1, -0.05) is 0 Å². The van der Waals surface area contributed by atoms with Gasteiger partial charge in [0.2, 0.25) is 0 Å². The van der Waals surface area contributed by atoms with Crippen LogP contribution in [0.1, 0.15) is 19.3 Å². The Kier molecular flexibility index (Phi) is 6.21. The molecule has 1 nitrogen and oxygen atoms in total. The van der Waals surface area contributed by atoms with Crippen molar-refractivity contribution in [2.45, 2.75) is 25.4 Å². The summed E-state index contributed by atoms with van der Waals surface area (Å²) in [6, 6.07) is 0. The van der Waals surface area contributed by atoms with Gasteiger partial charge in [-0.15, -0.1) is 12.3 Å². The molecule has 1 atom stereocenters. The van der Waals surface area contributed by atoms with Crippen LogP contribution < -0.4 is 5.32 Å². The molecule has 1 N–H and O–H groups in total. The lowest BCUT2D eigenvalue weighted by Gasteiger charge is -2.04. The van der Waals surface area contributed by atoms with Crippen molar-refractivity contribution >= 4 is 0 Å². The van der Waals surface area contributed by atoms with Crippen LogP contribution in [-0.2, 0) is 0 Å². The summed E-state index contributed by atoms with van der Waals surface area (Å²) in [6.45, 7) is 0.435. The first-order valence-corrected chi connectivity index (χ1v) is 3.53. The van der Waals surface area contributed by atoms with E-state index in [1.165, 1.54) is 0 Å². The van der Waals surface area contributed by atoms with Crippen molar-refractivity contribution in [3.05, 3.63) is 0 Å². The average Bonchev–Trinajstić information content (AvgIpc) is 1.89. The molecule has 0 radical (unpaired) electrons. The molecule has 0 unspecified atom stereocenters. The molecule has 0 aliphatic carbocycles. The minimum atomic E-state index is -0.738. The van der Waals surface area contributed by atoms with Gasteiger partial charge in [-0.2, -0.15) is 0 Å². The van der Waals surface area contributed by atoms with Crippen LogP contribution in [-0.4, -0.2) is 19.8 Å². The van der Waals surface area contributed by atoms with E-state index < -0.39 is 6.17 Å². The minimum absolute atomic E-state index is 0.435. The topological polar surface area (TPSA) is 12.0 Å². The molecule has 0 fully saturated rings. The van der Waals surface area contributed by atoms with Gasteiger partial charge in [-0.25, -0.2) is 4.39 Å². The van der Waals surface area contributed by atoms with E-state index in [9.17, 15) is 4.39 Å². The third-order valence-corrected chi connectivity index (χ3v) is 1.26. The molecule has 2 heteroatoms. The Balaban J connectivity index is 3.06. The van der Waals surface area contributed by atoms with Crippen molar-refractivity contribution < 1.29 is 4.39 Å². The quantitative estimate of drug-likeness (QED) is 0.452.